The molecule has 2 rings (SSSR count). The second-order valence-corrected chi connectivity index (χ2v) is 3.81. The third-order valence-electron chi connectivity index (χ3n) is 2.06. The molecule has 0 unspecified atom stereocenters. The van der Waals surface area contributed by atoms with Crippen LogP contribution in [0.15, 0.2) is 30.5 Å². The average Bonchev–Trinajstić information content (AvgIpc) is 2.33. The zero-order chi connectivity index (χ0) is 12.3. The number of nitrogen functional groups attached to an aromatic ring is 1. The Morgan fingerprint density at radius 3 is 2.88 bits per heavy atom. The Morgan fingerprint density at radius 2 is 2.18 bits per heavy atom. The maximum absolute atomic E-state index is 6.04. The lowest BCUT2D eigenvalue weighted by Gasteiger charge is -2.07. The van der Waals surface area contributed by atoms with E-state index in [0.717, 1.165) is 5.56 Å². The van der Waals surface area contributed by atoms with Gasteiger partial charge in [0.1, 0.15) is 5.75 Å². The van der Waals surface area contributed by atoms with E-state index in [1.54, 1.807) is 18.3 Å². The Hall–Kier alpha value is -1.85. The smallest absolute Gasteiger partial charge is 0.240 e. The van der Waals surface area contributed by atoms with Crippen molar-refractivity contribution >= 4 is 17.5 Å². The first-order valence-electron chi connectivity index (χ1n) is 4.92. The van der Waals surface area contributed by atoms with Crippen molar-refractivity contribution in [1.82, 2.24) is 9.97 Å². The number of hydrogen-bond donors (Lipinski definition) is 2. The first kappa shape index (κ1) is 11.6. The van der Waals surface area contributed by atoms with Crippen molar-refractivity contribution in [2.24, 2.45) is 5.84 Å². The van der Waals surface area contributed by atoms with Gasteiger partial charge in [-0.15, -0.1) is 0 Å². The number of nitrogens with one attached hydrogen (secondary N) is 1. The SMILES string of the molecule is Cc1ccc(Oc2ccnc(NN)n2)c(Cl)c1. The molecule has 88 valence electrons. The Kier molecular flexibility index (Phi) is 3.41. The summed E-state index contributed by atoms with van der Waals surface area (Å²) >= 11 is 6.04. The Balaban J connectivity index is 2.25. The van der Waals surface area contributed by atoms with Gasteiger partial charge in [-0.3, -0.25) is 5.43 Å². The molecule has 0 saturated heterocycles. The molecule has 0 amide bonds. The van der Waals surface area contributed by atoms with E-state index in [2.05, 4.69) is 15.4 Å². The molecule has 5 nitrogen and oxygen atoms in total. The molecule has 0 saturated carbocycles. The molecule has 0 fully saturated rings. The Morgan fingerprint density at radius 1 is 1.35 bits per heavy atom. The molecule has 2 aromatic rings. The fraction of sp³-hybridized carbons (Fsp3) is 0.0909. The number of hydrogen-bond acceptors (Lipinski definition) is 5. The van der Waals surface area contributed by atoms with Crippen molar-refractivity contribution in [3.05, 3.63) is 41.0 Å². The average molecular weight is 251 g/mol. The molecule has 1 aromatic carbocycles. The highest BCUT2D eigenvalue weighted by Gasteiger charge is 2.05. The molecule has 17 heavy (non-hydrogen) atoms. The first-order valence-corrected chi connectivity index (χ1v) is 5.30. The number of rotatable bonds is 3. The van der Waals surface area contributed by atoms with Crippen LogP contribution in [0.2, 0.25) is 5.02 Å². The van der Waals surface area contributed by atoms with Crippen LogP contribution in [-0.4, -0.2) is 9.97 Å². The molecule has 0 aliphatic carbocycles. The van der Waals surface area contributed by atoms with Crippen LogP contribution in [-0.2, 0) is 0 Å². The molecular formula is C11H11ClN4O. The number of aromatic nitrogens is 2. The predicted octanol–water partition coefficient (Wildman–Crippen LogP) is 2.52. The second kappa shape index (κ2) is 4.99. The van der Waals surface area contributed by atoms with Gasteiger partial charge in [-0.05, 0) is 24.6 Å². The van der Waals surface area contributed by atoms with Crippen molar-refractivity contribution in [2.45, 2.75) is 6.92 Å². The highest BCUT2D eigenvalue weighted by molar-refractivity contribution is 6.32. The third kappa shape index (κ3) is 2.83. The van der Waals surface area contributed by atoms with Crippen LogP contribution in [0.25, 0.3) is 0 Å². The summed E-state index contributed by atoms with van der Waals surface area (Å²) in [6.07, 6.45) is 1.54. The van der Waals surface area contributed by atoms with Crippen LogP contribution in [0, 0.1) is 6.92 Å². The zero-order valence-electron chi connectivity index (χ0n) is 9.14. The lowest BCUT2D eigenvalue weighted by molar-refractivity contribution is 0.462. The second-order valence-electron chi connectivity index (χ2n) is 3.40. The summed E-state index contributed by atoms with van der Waals surface area (Å²) in [5.41, 5.74) is 3.41. The van der Waals surface area contributed by atoms with Crippen LogP contribution in [0.3, 0.4) is 0 Å². The van der Waals surface area contributed by atoms with E-state index in [0.29, 0.717) is 16.7 Å². The summed E-state index contributed by atoms with van der Waals surface area (Å²) < 4.78 is 5.53. The molecule has 0 bridgehead atoms. The predicted molar refractivity (Wildman–Crippen MR) is 66.1 cm³/mol. The van der Waals surface area contributed by atoms with Gasteiger partial charge in [0.2, 0.25) is 11.8 Å². The minimum atomic E-state index is 0.283. The van der Waals surface area contributed by atoms with E-state index in [1.165, 1.54) is 0 Å². The van der Waals surface area contributed by atoms with Crippen molar-refractivity contribution in [3.8, 4) is 11.6 Å². The van der Waals surface area contributed by atoms with Gasteiger partial charge >= 0.3 is 0 Å². The monoisotopic (exact) mass is 250 g/mol. The summed E-state index contributed by atoms with van der Waals surface area (Å²) in [7, 11) is 0. The van der Waals surface area contributed by atoms with Gasteiger partial charge in [0.25, 0.3) is 0 Å². The summed E-state index contributed by atoms with van der Waals surface area (Å²) in [5.74, 6) is 6.40. The lowest BCUT2D eigenvalue weighted by atomic mass is 10.2. The van der Waals surface area contributed by atoms with Gasteiger partial charge in [0, 0.05) is 12.3 Å². The summed E-state index contributed by atoms with van der Waals surface area (Å²) in [5, 5.41) is 0.533. The van der Waals surface area contributed by atoms with E-state index >= 15 is 0 Å². The molecule has 0 atom stereocenters. The normalized spacial score (nSPS) is 10.1. The maximum Gasteiger partial charge on any atom is 0.240 e. The van der Waals surface area contributed by atoms with Crippen molar-refractivity contribution in [2.75, 3.05) is 5.43 Å². The number of benzene rings is 1. The fourth-order valence-corrected chi connectivity index (χ4v) is 1.54. The highest BCUT2D eigenvalue weighted by Crippen LogP contribution is 2.29. The van der Waals surface area contributed by atoms with E-state index in [1.807, 2.05) is 19.1 Å². The number of halogens is 1. The Labute approximate surface area is 104 Å². The van der Waals surface area contributed by atoms with E-state index < -0.39 is 0 Å². The van der Waals surface area contributed by atoms with Crippen LogP contribution in [0.5, 0.6) is 11.6 Å². The first-order chi connectivity index (χ1) is 8.19. The van der Waals surface area contributed by atoms with Crippen LogP contribution < -0.4 is 16.0 Å². The Bertz CT molecular complexity index is 533. The number of ether oxygens (including phenoxy) is 1. The van der Waals surface area contributed by atoms with Crippen molar-refractivity contribution < 1.29 is 4.74 Å². The van der Waals surface area contributed by atoms with Gasteiger partial charge < -0.3 is 4.74 Å². The molecule has 0 spiro atoms. The molecule has 6 heteroatoms. The standard InChI is InChI=1S/C11H11ClN4O/c1-7-2-3-9(8(12)6-7)17-10-4-5-14-11(15-10)16-13/h2-6H,13H2,1H3,(H,14,15,16). The zero-order valence-corrected chi connectivity index (χ0v) is 9.90. The van der Waals surface area contributed by atoms with Gasteiger partial charge in [-0.1, -0.05) is 17.7 Å². The summed E-state index contributed by atoms with van der Waals surface area (Å²) in [6, 6.07) is 7.14. The number of aryl methyl sites for hydroxylation is 1. The quantitative estimate of drug-likeness (QED) is 0.647. The molecule has 0 aliphatic heterocycles. The van der Waals surface area contributed by atoms with Gasteiger partial charge in [0.15, 0.2) is 0 Å². The molecular weight excluding hydrogens is 240 g/mol. The fourth-order valence-electron chi connectivity index (χ4n) is 1.27. The summed E-state index contributed by atoms with van der Waals surface area (Å²) in [4.78, 5) is 7.90. The summed E-state index contributed by atoms with van der Waals surface area (Å²) in [6.45, 7) is 1.96. The molecule has 1 heterocycles. The number of anilines is 1. The van der Waals surface area contributed by atoms with Crippen LogP contribution in [0.1, 0.15) is 5.56 Å². The molecule has 1 aromatic heterocycles. The minimum absolute atomic E-state index is 0.283. The van der Waals surface area contributed by atoms with Crippen LogP contribution >= 0.6 is 11.6 Å². The van der Waals surface area contributed by atoms with Crippen LogP contribution in [0.4, 0.5) is 5.95 Å². The van der Waals surface area contributed by atoms with Gasteiger partial charge in [-0.2, -0.15) is 4.98 Å². The largest absolute Gasteiger partial charge is 0.437 e. The maximum atomic E-state index is 6.04. The van der Waals surface area contributed by atoms with E-state index in [-0.39, 0.29) is 5.95 Å². The van der Waals surface area contributed by atoms with Gasteiger partial charge in [-0.25, -0.2) is 10.8 Å². The molecule has 0 radical (unpaired) electrons. The van der Waals surface area contributed by atoms with E-state index in [4.69, 9.17) is 22.2 Å². The topological polar surface area (TPSA) is 73.1 Å². The molecule has 3 N–H and O–H groups in total. The van der Waals surface area contributed by atoms with E-state index in [9.17, 15) is 0 Å². The third-order valence-corrected chi connectivity index (χ3v) is 2.36. The lowest BCUT2D eigenvalue weighted by Crippen LogP contribution is -2.10. The molecule has 0 aliphatic rings. The number of nitrogens with zero attached hydrogens (tertiary/aromatic N) is 2. The van der Waals surface area contributed by atoms with Gasteiger partial charge in [0.05, 0.1) is 5.02 Å². The minimum Gasteiger partial charge on any atom is -0.437 e. The number of nitrogens with two attached hydrogens (primary N) is 1. The number of hydrazine groups is 1. The van der Waals surface area contributed by atoms with Crippen molar-refractivity contribution in [3.63, 3.8) is 0 Å². The highest BCUT2D eigenvalue weighted by atomic mass is 35.5. The van der Waals surface area contributed by atoms with Crippen molar-refractivity contribution in [1.29, 1.82) is 0 Å².